The van der Waals surface area contributed by atoms with Gasteiger partial charge in [0.25, 0.3) is 0 Å². The number of phenols is 1. The van der Waals surface area contributed by atoms with Crippen molar-refractivity contribution in [2.75, 3.05) is 14.1 Å². The molecule has 1 aromatic rings. The molecule has 0 saturated heterocycles. The molecule has 4 rings (SSSR count). The number of ketones is 3. The van der Waals surface area contributed by atoms with Crippen LogP contribution in [0.5, 0.6) is 5.75 Å². The number of hydrogen-bond acceptors (Lipinski definition) is 8. The van der Waals surface area contributed by atoms with Crippen molar-refractivity contribution in [3.8, 4) is 5.75 Å². The van der Waals surface area contributed by atoms with Gasteiger partial charge in [0.2, 0.25) is 5.78 Å². The van der Waals surface area contributed by atoms with Crippen LogP contribution in [-0.4, -0.2) is 68.4 Å². The van der Waals surface area contributed by atoms with Crippen LogP contribution in [0.2, 0.25) is 0 Å². The van der Waals surface area contributed by atoms with Gasteiger partial charge in [0.05, 0.1) is 15.2 Å². The number of aliphatic hydroxyl groups is 3. The van der Waals surface area contributed by atoms with Crippen LogP contribution >= 0.6 is 22.6 Å². The summed E-state index contributed by atoms with van der Waals surface area (Å²) in [5.74, 6) is -5.45. The molecule has 0 aliphatic heterocycles. The van der Waals surface area contributed by atoms with Gasteiger partial charge in [-0.3, -0.25) is 19.3 Å². The van der Waals surface area contributed by atoms with Crippen LogP contribution in [0.1, 0.15) is 29.3 Å². The summed E-state index contributed by atoms with van der Waals surface area (Å²) in [5, 5.41) is 43.8. The monoisotopic (exact) mass is 539 g/mol. The van der Waals surface area contributed by atoms with Crippen LogP contribution in [0.4, 0.5) is 0 Å². The molecule has 0 bridgehead atoms. The maximum absolute atomic E-state index is 13.3. The van der Waals surface area contributed by atoms with Crippen LogP contribution in [0, 0.1) is 15.4 Å². The number of rotatable bonds is 2. The minimum Gasteiger partial charge on any atom is -0.510 e. The number of aromatic hydroxyl groups is 1. The molecule has 3 aliphatic rings. The largest absolute Gasteiger partial charge is 0.510 e. The normalized spacial score (nSPS) is 30.3. The summed E-state index contributed by atoms with van der Waals surface area (Å²) in [5.41, 5.74) is -2.58. The highest BCUT2D eigenvalue weighted by Crippen LogP contribution is 2.52. The van der Waals surface area contributed by atoms with Crippen LogP contribution in [-0.2, 0) is 16.0 Å². The molecular formula is C22H22INO7. The molecule has 164 valence electrons. The number of likely N-dealkylation sites (N-methyl/N-ethyl adjacent to an activating group) is 1. The predicted octanol–water partition coefficient (Wildman–Crippen LogP) is 1.83. The molecule has 0 radical (unpaired) electrons. The fourth-order valence-electron chi connectivity index (χ4n) is 5.30. The number of aliphatic hydroxyl groups excluding tert-OH is 2. The summed E-state index contributed by atoms with van der Waals surface area (Å²) in [4.78, 5) is 40.2. The highest BCUT2D eigenvalue weighted by molar-refractivity contribution is 14.1. The molecule has 0 aromatic heterocycles. The maximum Gasteiger partial charge on any atom is 0.209 e. The third kappa shape index (κ3) is 2.82. The van der Waals surface area contributed by atoms with E-state index in [0.29, 0.717) is 15.6 Å². The topological polar surface area (TPSA) is 135 Å². The second kappa shape index (κ2) is 7.14. The summed E-state index contributed by atoms with van der Waals surface area (Å²) >= 11 is 1.89. The Bertz CT molecular complexity index is 1120. The number of Topliss-reactive ketones (excluding diaryl/α,β-unsaturated/α-hetero) is 3. The van der Waals surface area contributed by atoms with Crippen molar-refractivity contribution in [2.24, 2.45) is 11.8 Å². The number of phenolic OH excluding ortho intramolecular Hbond substituents is 1. The zero-order chi connectivity index (χ0) is 23.0. The molecule has 3 aliphatic carbocycles. The van der Waals surface area contributed by atoms with Gasteiger partial charge in [-0.05, 0) is 74.0 Å². The van der Waals surface area contributed by atoms with E-state index in [1.807, 2.05) is 22.6 Å². The van der Waals surface area contributed by atoms with Crippen LogP contribution in [0.15, 0.2) is 34.8 Å². The molecule has 0 unspecified atom stereocenters. The Morgan fingerprint density at radius 2 is 1.84 bits per heavy atom. The van der Waals surface area contributed by atoms with Crippen molar-refractivity contribution >= 4 is 39.9 Å². The van der Waals surface area contributed by atoms with Gasteiger partial charge in [0.1, 0.15) is 22.8 Å². The summed E-state index contributed by atoms with van der Waals surface area (Å²) < 4.78 is 0.462. The molecule has 0 heterocycles. The molecule has 0 saturated carbocycles. The summed E-state index contributed by atoms with van der Waals surface area (Å²) in [6.07, 6.45) is 0.438. The Balaban J connectivity index is 1.97. The molecular weight excluding hydrogens is 517 g/mol. The lowest BCUT2D eigenvalue weighted by Gasteiger charge is -2.50. The molecule has 4 atom stereocenters. The average Bonchev–Trinajstić information content (AvgIpc) is 2.67. The van der Waals surface area contributed by atoms with Crippen LogP contribution < -0.4 is 0 Å². The van der Waals surface area contributed by atoms with E-state index in [1.54, 1.807) is 31.1 Å². The van der Waals surface area contributed by atoms with E-state index in [9.17, 15) is 34.8 Å². The highest BCUT2D eigenvalue weighted by atomic mass is 127. The average molecular weight is 539 g/mol. The number of nitrogens with zero attached hydrogens (tertiary/aromatic N) is 1. The Kier molecular flexibility index (Phi) is 5.06. The van der Waals surface area contributed by atoms with Crippen LogP contribution in [0.3, 0.4) is 0 Å². The SMILES string of the molecule is CC(=O)C1=C(O)[C@@H](N(C)C)[C@@H]2C[C@@H]3Cc4ccc(I)c(O)c4C(=O)C3=C(O)[C@]2(O)C1=O. The first-order valence-corrected chi connectivity index (χ1v) is 10.9. The summed E-state index contributed by atoms with van der Waals surface area (Å²) in [6, 6.07) is 2.52. The van der Waals surface area contributed by atoms with Gasteiger partial charge in [-0.1, -0.05) is 6.07 Å². The van der Waals surface area contributed by atoms with Gasteiger partial charge < -0.3 is 20.4 Å². The van der Waals surface area contributed by atoms with E-state index in [2.05, 4.69) is 0 Å². The number of carbonyl (C=O) groups excluding carboxylic acids is 3. The fourth-order valence-corrected chi connectivity index (χ4v) is 5.75. The van der Waals surface area contributed by atoms with Crippen molar-refractivity contribution in [3.63, 3.8) is 0 Å². The third-order valence-electron chi connectivity index (χ3n) is 6.65. The molecule has 0 amide bonds. The van der Waals surface area contributed by atoms with E-state index < -0.39 is 57.9 Å². The first kappa shape index (κ1) is 22.0. The van der Waals surface area contributed by atoms with E-state index in [0.717, 1.165) is 6.92 Å². The van der Waals surface area contributed by atoms with E-state index in [1.165, 1.54) is 0 Å². The number of fused-ring (bicyclic) bond motifs is 3. The standard InChI is InChI=1S/C22H22INO7/c1-8(25)13-19(28)16(24(2)3)11-7-10-6-9-4-5-12(23)17(26)14(9)18(27)15(10)21(30)22(11,31)20(13)29/h4-5,10-11,16,26,28,30-31H,6-7H2,1-3H3/t10-,11-,16-,22+/m0/s1. The summed E-state index contributed by atoms with van der Waals surface area (Å²) in [6.45, 7) is 1.09. The first-order valence-electron chi connectivity index (χ1n) is 9.79. The number of halogens is 1. The number of benzene rings is 1. The lowest BCUT2D eigenvalue weighted by molar-refractivity contribution is -0.148. The van der Waals surface area contributed by atoms with Gasteiger partial charge in [0.15, 0.2) is 17.2 Å². The van der Waals surface area contributed by atoms with Crippen molar-refractivity contribution in [1.82, 2.24) is 4.90 Å². The molecule has 1 aromatic carbocycles. The Morgan fingerprint density at radius 1 is 1.19 bits per heavy atom. The molecule has 0 spiro atoms. The van der Waals surface area contributed by atoms with Crippen LogP contribution in [0.25, 0.3) is 0 Å². The second-order valence-corrected chi connectivity index (χ2v) is 9.75. The molecule has 8 nitrogen and oxygen atoms in total. The smallest absolute Gasteiger partial charge is 0.209 e. The van der Waals surface area contributed by atoms with Gasteiger partial charge in [0, 0.05) is 11.5 Å². The zero-order valence-electron chi connectivity index (χ0n) is 17.1. The highest BCUT2D eigenvalue weighted by Gasteiger charge is 2.63. The second-order valence-electron chi connectivity index (χ2n) is 8.59. The van der Waals surface area contributed by atoms with Crippen molar-refractivity contribution in [1.29, 1.82) is 0 Å². The Morgan fingerprint density at radius 3 is 2.42 bits per heavy atom. The number of carbonyl (C=O) groups is 3. The molecule has 9 heteroatoms. The number of hydrogen-bond donors (Lipinski definition) is 4. The Labute approximate surface area is 192 Å². The Hall–Kier alpha value is -2.24. The van der Waals surface area contributed by atoms with Gasteiger partial charge in [-0.15, -0.1) is 0 Å². The van der Waals surface area contributed by atoms with E-state index in [4.69, 9.17) is 0 Å². The van der Waals surface area contributed by atoms with Gasteiger partial charge >= 0.3 is 0 Å². The minimum absolute atomic E-state index is 0.0457. The molecule has 4 N–H and O–H groups in total. The quantitative estimate of drug-likeness (QED) is 0.331. The van der Waals surface area contributed by atoms with Crippen molar-refractivity contribution < 1.29 is 34.8 Å². The molecule has 31 heavy (non-hydrogen) atoms. The molecule has 0 fully saturated rings. The van der Waals surface area contributed by atoms with Gasteiger partial charge in [-0.2, -0.15) is 0 Å². The van der Waals surface area contributed by atoms with E-state index >= 15 is 0 Å². The van der Waals surface area contributed by atoms with Crippen molar-refractivity contribution in [2.45, 2.75) is 31.4 Å². The zero-order valence-corrected chi connectivity index (χ0v) is 19.3. The van der Waals surface area contributed by atoms with Crippen molar-refractivity contribution in [3.05, 3.63) is 49.5 Å². The summed E-state index contributed by atoms with van der Waals surface area (Å²) in [7, 11) is 3.26. The van der Waals surface area contributed by atoms with Gasteiger partial charge in [-0.25, -0.2) is 0 Å². The number of allylic oxidation sites excluding steroid dienone is 1. The first-order chi connectivity index (χ1) is 14.4. The minimum atomic E-state index is -2.53. The van der Waals surface area contributed by atoms with E-state index in [-0.39, 0.29) is 23.3 Å². The fraction of sp³-hybridized carbons (Fsp3) is 0.409. The third-order valence-corrected chi connectivity index (χ3v) is 7.52. The lowest BCUT2D eigenvalue weighted by Crippen LogP contribution is -2.63. The predicted molar refractivity (Wildman–Crippen MR) is 118 cm³/mol. The maximum atomic E-state index is 13.3. The lowest BCUT2D eigenvalue weighted by atomic mass is 9.58.